The Morgan fingerprint density at radius 1 is 0.935 bits per heavy atom. The van der Waals surface area contributed by atoms with Crippen molar-refractivity contribution in [1.29, 1.82) is 0 Å². The van der Waals surface area contributed by atoms with Crippen molar-refractivity contribution < 1.29 is 15.0 Å². The number of ketones is 1. The Morgan fingerprint density at radius 2 is 1.61 bits per heavy atom. The lowest BCUT2D eigenvalue weighted by Crippen LogP contribution is -2.56. The largest absolute Gasteiger partial charge is 0.390 e. The van der Waals surface area contributed by atoms with Crippen molar-refractivity contribution in [3.63, 3.8) is 0 Å². The molecule has 11 unspecified atom stereocenters. The van der Waals surface area contributed by atoms with Crippen LogP contribution in [-0.2, 0) is 4.79 Å². The zero-order valence-electron chi connectivity index (χ0n) is 20.7. The molecular weight excluding hydrogens is 384 g/mol. The van der Waals surface area contributed by atoms with E-state index in [1.165, 1.54) is 19.3 Å². The molecule has 0 bridgehead atoms. The highest BCUT2D eigenvalue weighted by molar-refractivity contribution is 5.83. The van der Waals surface area contributed by atoms with Crippen molar-refractivity contribution >= 4 is 5.78 Å². The van der Waals surface area contributed by atoms with Gasteiger partial charge < -0.3 is 10.2 Å². The third-order valence-corrected chi connectivity index (χ3v) is 11.2. The molecule has 0 saturated heterocycles. The number of aliphatic hydroxyl groups is 2. The maximum Gasteiger partial charge on any atom is 0.137 e. The lowest BCUT2D eigenvalue weighted by atomic mass is 9.45. The van der Waals surface area contributed by atoms with Crippen molar-refractivity contribution in [3.8, 4) is 0 Å². The minimum atomic E-state index is -0.672. The standard InChI is InChI=1S/C28H46O3/c1-16(2)17(3)25(30)26(31)18(4)20-10-11-21-19-15-24(29)23-9-7-8-13-27(23,5)22(19)12-14-28(20,21)6/h7-8,16-23,25-26,30-31H,9-15H2,1-6H3. The predicted octanol–water partition coefficient (Wildman–Crippen LogP) is 5.64. The van der Waals surface area contributed by atoms with Gasteiger partial charge in [-0.05, 0) is 90.8 Å². The van der Waals surface area contributed by atoms with Crippen molar-refractivity contribution in [3.05, 3.63) is 12.2 Å². The molecule has 3 heteroatoms. The van der Waals surface area contributed by atoms with E-state index in [9.17, 15) is 15.0 Å². The Bertz CT molecular complexity index is 713. The molecule has 4 rings (SSSR count). The normalized spacial score (nSPS) is 46.1. The molecule has 4 aliphatic carbocycles. The summed E-state index contributed by atoms with van der Waals surface area (Å²) in [6.45, 7) is 13.3. The van der Waals surface area contributed by atoms with E-state index in [-0.39, 0.29) is 28.6 Å². The van der Waals surface area contributed by atoms with Gasteiger partial charge in [-0.25, -0.2) is 0 Å². The summed E-state index contributed by atoms with van der Waals surface area (Å²) >= 11 is 0. The van der Waals surface area contributed by atoms with Crippen LogP contribution >= 0.6 is 0 Å². The number of fused-ring (bicyclic) bond motifs is 5. The summed E-state index contributed by atoms with van der Waals surface area (Å²) in [6, 6.07) is 0. The number of carbonyl (C=O) groups is 1. The second kappa shape index (κ2) is 8.28. The minimum Gasteiger partial charge on any atom is -0.390 e. The first-order valence-corrected chi connectivity index (χ1v) is 13.1. The van der Waals surface area contributed by atoms with Crippen LogP contribution in [0.15, 0.2) is 12.2 Å². The molecule has 0 aromatic rings. The van der Waals surface area contributed by atoms with Gasteiger partial charge in [0.05, 0.1) is 12.2 Å². The van der Waals surface area contributed by atoms with Crippen LogP contribution in [0.1, 0.15) is 86.5 Å². The van der Waals surface area contributed by atoms with Gasteiger partial charge in [-0.15, -0.1) is 0 Å². The first kappa shape index (κ1) is 23.5. The highest BCUT2D eigenvalue weighted by atomic mass is 16.3. The summed E-state index contributed by atoms with van der Waals surface area (Å²) in [7, 11) is 0. The van der Waals surface area contributed by atoms with Crippen LogP contribution in [0.3, 0.4) is 0 Å². The van der Waals surface area contributed by atoms with E-state index in [0.717, 1.165) is 25.7 Å². The topological polar surface area (TPSA) is 57.5 Å². The summed E-state index contributed by atoms with van der Waals surface area (Å²) < 4.78 is 0. The van der Waals surface area contributed by atoms with Gasteiger partial charge in [0.15, 0.2) is 0 Å². The third-order valence-electron chi connectivity index (χ3n) is 11.2. The molecule has 11 atom stereocenters. The number of carbonyl (C=O) groups excluding carboxylic acids is 1. The van der Waals surface area contributed by atoms with Gasteiger partial charge in [0.25, 0.3) is 0 Å². The van der Waals surface area contributed by atoms with E-state index in [2.05, 4.69) is 53.7 Å². The summed E-state index contributed by atoms with van der Waals surface area (Å²) in [5.41, 5.74) is 0.318. The molecule has 176 valence electrons. The summed E-state index contributed by atoms with van der Waals surface area (Å²) in [6.07, 6.45) is 10.7. The summed E-state index contributed by atoms with van der Waals surface area (Å²) in [4.78, 5) is 13.2. The number of rotatable bonds is 5. The van der Waals surface area contributed by atoms with Gasteiger partial charge in [0.2, 0.25) is 0 Å². The Labute approximate surface area is 190 Å². The third kappa shape index (κ3) is 3.57. The van der Waals surface area contributed by atoms with Crippen LogP contribution < -0.4 is 0 Å². The minimum absolute atomic E-state index is 0.0861. The molecule has 0 spiro atoms. The summed E-state index contributed by atoms with van der Waals surface area (Å²) in [5, 5.41) is 22.0. The second-order valence-corrected chi connectivity index (χ2v) is 12.7. The van der Waals surface area contributed by atoms with Crippen molar-refractivity contribution in [2.75, 3.05) is 0 Å². The zero-order chi connectivity index (χ0) is 22.7. The maximum atomic E-state index is 13.2. The highest BCUT2D eigenvalue weighted by Gasteiger charge is 2.62. The van der Waals surface area contributed by atoms with Gasteiger partial charge >= 0.3 is 0 Å². The number of Topliss-reactive ketones (excluding diaryl/α,β-unsaturated/α-hetero) is 1. The average Bonchev–Trinajstić information content (AvgIpc) is 3.08. The fraction of sp³-hybridized carbons (Fsp3) is 0.893. The Morgan fingerprint density at radius 3 is 2.29 bits per heavy atom. The van der Waals surface area contributed by atoms with Gasteiger partial charge in [-0.3, -0.25) is 4.79 Å². The molecule has 4 aliphatic rings. The monoisotopic (exact) mass is 430 g/mol. The molecule has 3 nitrogen and oxygen atoms in total. The van der Waals surface area contributed by atoms with Crippen LogP contribution in [0.5, 0.6) is 0 Å². The molecule has 0 aromatic heterocycles. The molecular formula is C28H46O3. The van der Waals surface area contributed by atoms with E-state index in [1.807, 2.05) is 0 Å². The SMILES string of the molecule is CC(C)C(C)C(O)C(O)C(C)C1CCC2C3CC(=O)C4CC=CCC4(C)C3CCC12C. The van der Waals surface area contributed by atoms with Gasteiger partial charge in [-0.2, -0.15) is 0 Å². The maximum absolute atomic E-state index is 13.2. The van der Waals surface area contributed by atoms with Gasteiger partial charge in [0.1, 0.15) is 5.78 Å². The van der Waals surface area contributed by atoms with E-state index in [4.69, 9.17) is 0 Å². The molecule has 31 heavy (non-hydrogen) atoms. The van der Waals surface area contributed by atoms with Crippen LogP contribution in [0.4, 0.5) is 0 Å². The second-order valence-electron chi connectivity index (χ2n) is 12.7. The lowest BCUT2D eigenvalue weighted by molar-refractivity contribution is -0.151. The molecule has 3 fully saturated rings. The number of aliphatic hydroxyl groups excluding tert-OH is 2. The predicted molar refractivity (Wildman–Crippen MR) is 125 cm³/mol. The molecule has 3 saturated carbocycles. The highest BCUT2D eigenvalue weighted by Crippen LogP contribution is 2.67. The van der Waals surface area contributed by atoms with Crippen molar-refractivity contribution in [1.82, 2.24) is 0 Å². The first-order chi connectivity index (χ1) is 14.5. The van der Waals surface area contributed by atoms with Crippen LogP contribution in [0.2, 0.25) is 0 Å². The summed E-state index contributed by atoms with van der Waals surface area (Å²) in [5.74, 6) is 3.44. The Kier molecular flexibility index (Phi) is 6.27. The average molecular weight is 431 g/mol. The van der Waals surface area contributed by atoms with E-state index >= 15 is 0 Å². The quantitative estimate of drug-likeness (QED) is 0.555. The Balaban J connectivity index is 1.55. The molecule has 0 amide bonds. The molecule has 0 heterocycles. The zero-order valence-corrected chi connectivity index (χ0v) is 20.7. The van der Waals surface area contributed by atoms with Crippen LogP contribution in [0.25, 0.3) is 0 Å². The van der Waals surface area contributed by atoms with Gasteiger partial charge in [-0.1, -0.05) is 53.7 Å². The fourth-order valence-electron chi connectivity index (χ4n) is 8.81. The molecule has 0 aromatic carbocycles. The Hall–Kier alpha value is -0.670. The van der Waals surface area contributed by atoms with Crippen molar-refractivity contribution in [2.24, 2.45) is 58.2 Å². The van der Waals surface area contributed by atoms with Gasteiger partial charge in [0, 0.05) is 12.3 Å². The molecule has 0 radical (unpaired) electrons. The number of allylic oxidation sites excluding steroid dienone is 2. The number of hydrogen-bond acceptors (Lipinski definition) is 3. The smallest absolute Gasteiger partial charge is 0.137 e. The fourth-order valence-corrected chi connectivity index (χ4v) is 8.81. The molecule has 0 aliphatic heterocycles. The lowest BCUT2D eigenvalue weighted by Gasteiger charge is -2.59. The number of hydrogen-bond donors (Lipinski definition) is 2. The first-order valence-electron chi connectivity index (χ1n) is 13.1. The van der Waals surface area contributed by atoms with E-state index < -0.39 is 12.2 Å². The van der Waals surface area contributed by atoms with Crippen LogP contribution in [-0.4, -0.2) is 28.2 Å². The van der Waals surface area contributed by atoms with Crippen molar-refractivity contribution in [2.45, 2.75) is 98.7 Å². The van der Waals surface area contributed by atoms with E-state index in [0.29, 0.717) is 35.4 Å². The van der Waals surface area contributed by atoms with E-state index in [1.54, 1.807) is 0 Å². The molecule has 2 N–H and O–H groups in total. The van der Waals surface area contributed by atoms with Crippen LogP contribution in [0, 0.1) is 58.2 Å².